The van der Waals surface area contributed by atoms with Crippen molar-refractivity contribution in [1.82, 2.24) is 20.4 Å². The zero-order valence-electron chi connectivity index (χ0n) is 20.7. The number of aromatic nitrogens is 3. The Morgan fingerprint density at radius 3 is 2.62 bits per heavy atom. The van der Waals surface area contributed by atoms with E-state index in [-0.39, 0.29) is 17.8 Å². The van der Waals surface area contributed by atoms with Crippen LogP contribution in [0.25, 0.3) is 22.4 Å². The molecular weight excluding hydrogens is 433 g/mol. The highest BCUT2D eigenvalue weighted by Gasteiger charge is 2.32. The van der Waals surface area contributed by atoms with Crippen LogP contribution in [-0.2, 0) is 4.74 Å². The van der Waals surface area contributed by atoms with Gasteiger partial charge in [-0.15, -0.1) is 0 Å². The van der Waals surface area contributed by atoms with Crippen LogP contribution in [0.2, 0.25) is 0 Å². The molecule has 0 amide bonds. The van der Waals surface area contributed by atoms with Gasteiger partial charge >= 0.3 is 0 Å². The third-order valence-corrected chi connectivity index (χ3v) is 7.26. The lowest BCUT2D eigenvalue weighted by molar-refractivity contribution is 0.185. The lowest BCUT2D eigenvalue weighted by atomic mass is 9.94. The quantitative estimate of drug-likeness (QED) is 0.572. The minimum atomic E-state index is -0.288. The Morgan fingerprint density at radius 2 is 1.97 bits per heavy atom. The second kappa shape index (κ2) is 9.23. The van der Waals surface area contributed by atoms with E-state index in [9.17, 15) is 0 Å². The first-order valence-corrected chi connectivity index (χ1v) is 12.4. The number of piperidine rings is 1. The van der Waals surface area contributed by atoms with Gasteiger partial charge < -0.3 is 19.5 Å². The van der Waals surface area contributed by atoms with Crippen molar-refractivity contribution >= 4 is 16.7 Å². The van der Waals surface area contributed by atoms with Gasteiger partial charge in [-0.05, 0) is 69.2 Å². The van der Waals surface area contributed by atoms with E-state index in [1.165, 1.54) is 0 Å². The number of anilines is 1. The van der Waals surface area contributed by atoms with Crippen molar-refractivity contribution in [2.24, 2.45) is 0 Å². The molecule has 0 bridgehead atoms. The van der Waals surface area contributed by atoms with Gasteiger partial charge in [0.15, 0.2) is 5.82 Å². The van der Waals surface area contributed by atoms with Crippen molar-refractivity contribution in [3.63, 3.8) is 0 Å². The standard InChI is InChI=1S/C26H34FN5O2/c1-14(2)18-11-21-16(4)23(26-28-17(5)31-34-26)25(30-24(21)22(27)12-18)32-8-6-19(10-15(32)3)29-20-7-9-33-13-20/h11-12,14-15,19-20,29H,6-10,13H2,1-5H3/t15-,19-,20+/m1/s1. The highest BCUT2D eigenvalue weighted by Crippen LogP contribution is 2.39. The summed E-state index contributed by atoms with van der Waals surface area (Å²) in [5.41, 5.74) is 3.07. The Balaban J connectivity index is 1.57. The third kappa shape index (κ3) is 4.29. The fourth-order valence-electron chi connectivity index (χ4n) is 5.32. The third-order valence-electron chi connectivity index (χ3n) is 7.26. The van der Waals surface area contributed by atoms with Gasteiger partial charge in [-0.2, -0.15) is 4.98 Å². The molecule has 2 saturated heterocycles. The van der Waals surface area contributed by atoms with Gasteiger partial charge in [0.25, 0.3) is 5.89 Å². The summed E-state index contributed by atoms with van der Waals surface area (Å²) in [6.07, 6.45) is 3.03. The molecular formula is C26H34FN5O2. The van der Waals surface area contributed by atoms with Crippen molar-refractivity contribution < 1.29 is 13.7 Å². The fraction of sp³-hybridized carbons (Fsp3) is 0.577. The van der Waals surface area contributed by atoms with Crippen LogP contribution in [0.15, 0.2) is 16.7 Å². The Labute approximate surface area is 200 Å². The molecule has 1 aromatic carbocycles. The minimum absolute atomic E-state index is 0.212. The van der Waals surface area contributed by atoms with E-state index in [2.05, 4.69) is 41.1 Å². The van der Waals surface area contributed by atoms with Gasteiger partial charge in [0.05, 0.1) is 12.2 Å². The van der Waals surface area contributed by atoms with Crippen LogP contribution in [0.3, 0.4) is 0 Å². The Bertz CT molecular complexity index is 1190. The number of pyridine rings is 1. The normalized spacial score (nSPS) is 23.4. The minimum Gasteiger partial charge on any atom is -0.380 e. The first kappa shape index (κ1) is 23.2. The summed E-state index contributed by atoms with van der Waals surface area (Å²) < 4.78 is 26.5. The molecule has 2 aromatic heterocycles. The molecule has 0 aliphatic carbocycles. The maximum absolute atomic E-state index is 15.3. The fourth-order valence-corrected chi connectivity index (χ4v) is 5.32. The zero-order valence-corrected chi connectivity index (χ0v) is 20.7. The molecule has 8 heteroatoms. The summed E-state index contributed by atoms with van der Waals surface area (Å²) in [7, 11) is 0. The average molecular weight is 468 g/mol. The zero-order chi connectivity index (χ0) is 24.0. The lowest BCUT2D eigenvalue weighted by Gasteiger charge is -2.40. The molecule has 4 heterocycles. The van der Waals surface area contributed by atoms with Gasteiger partial charge in [0, 0.05) is 36.7 Å². The van der Waals surface area contributed by atoms with Gasteiger partial charge in [-0.1, -0.05) is 19.0 Å². The molecule has 1 N–H and O–H groups in total. The van der Waals surface area contributed by atoms with Crippen LogP contribution in [0.5, 0.6) is 0 Å². The van der Waals surface area contributed by atoms with Crippen LogP contribution in [-0.4, -0.2) is 53.0 Å². The van der Waals surface area contributed by atoms with Crippen molar-refractivity contribution in [2.45, 2.75) is 77.9 Å². The van der Waals surface area contributed by atoms with Gasteiger partial charge in [-0.25, -0.2) is 9.37 Å². The predicted octanol–water partition coefficient (Wildman–Crippen LogP) is 4.90. The Kier molecular flexibility index (Phi) is 6.29. The van der Waals surface area contributed by atoms with Crippen LogP contribution >= 0.6 is 0 Å². The Morgan fingerprint density at radius 1 is 1.15 bits per heavy atom. The summed E-state index contributed by atoms with van der Waals surface area (Å²) >= 11 is 0. The SMILES string of the molecule is Cc1noc(-c2c(N3CC[C@@H](N[C@H]4CCOC4)C[C@H]3C)nc3c(F)cc(C(C)C)cc3c2C)n1. The van der Waals surface area contributed by atoms with Crippen LogP contribution in [0.4, 0.5) is 10.2 Å². The van der Waals surface area contributed by atoms with E-state index < -0.39 is 0 Å². The van der Waals surface area contributed by atoms with E-state index in [0.717, 1.165) is 66.9 Å². The predicted molar refractivity (Wildman–Crippen MR) is 131 cm³/mol. The second-order valence-corrected chi connectivity index (χ2v) is 10.1. The van der Waals surface area contributed by atoms with Crippen LogP contribution in [0.1, 0.15) is 62.9 Å². The van der Waals surface area contributed by atoms with Crippen molar-refractivity contribution in [3.8, 4) is 11.5 Å². The lowest BCUT2D eigenvalue weighted by Crippen LogP contribution is -2.50. The maximum Gasteiger partial charge on any atom is 0.261 e. The van der Waals surface area contributed by atoms with Crippen molar-refractivity contribution in [3.05, 3.63) is 34.9 Å². The molecule has 7 nitrogen and oxygen atoms in total. The van der Waals surface area contributed by atoms with E-state index in [1.807, 2.05) is 13.0 Å². The summed E-state index contributed by atoms with van der Waals surface area (Å²) in [6, 6.07) is 4.75. The molecule has 0 unspecified atom stereocenters. The summed E-state index contributed by atoms with van der Waals surface area (Å²) in [5.74, 6) is 1.65. The van der Waals surface area contributed by atoms with E-state index in [1.54, 1.807) is 13.0 Å². The van der Waals surface area contributed by atoms with Crippen LogP contribution < -0.4 is 10.2 Å². The van der Waals surface area contributed by atoms with Gasteiger partial charge in [-0.3, -0.25) is 0 Å². The highest BCUT2D eigenvalue weighted by molar-refractivity contribution is 5.93. The highest BCUT2D eigenvalue weighted by atomic mass is 19.1. The largest absolute Gasteiger partial charge is 0.380 e. The molecule has 2 fully saturated rings. The van der Waals surface area contributed by atoms with Gasteiger partial charge in [0.1, 0.15) is 17.2 Å². The van der Waals surface area contributed by atoms with Crippen molar-refractivity contribution in [2.75, 3.05) is 24.7 Å². The average Bonchev–Trinajstić information content (AvgIpc) is 3.46. The molecule has 3 aromatic rings. The number of halogens is 1. The molecule has 0 spiro atoms. The number of nitrogens with zero attached hydrogens (tertiary/aromatic N) is 4. The molecule has 2 aliphatic rings. The smallest absolute Gasteiger partial charge is 0.261 e. The Hall–Kier alpha value is -2.58. The number of rotatable bonds is 5. The number of nitrogens with one attached hydrogen (secondary N) is 1. The number of fused-ring (bicyclic) bond motifs is 1. The van der Waals surface area contributed by atoms with Crippen LogP contribution in [0, 0.1) is 19.7 Å². The first-order chi connectivity index (χ1) is 16.3. The summed E-state index contributed by atoms with van der Waals surface area (Å²) in [4.78, 5) is 11.7. The molecule has 0 saturated carbocycles. The summed E-state index contributed by atoms with van der Waals surface area (Å²) in [6.45, 7) is 12.6. The monoisotopic (exact) mass is 467 g/mol. The van der Waals surface area contributed by atoms with Crippen molar-refractivity contribution in [1.29, 1.82) is 0 Å². The maximum atomic E-state index is 15.3. The molecule has 182 valence electrons. The molecule has 5 rings (SSSR count). The number of benzene rings is 1. The molecule has 34 heavy (non-hydrogen) atoms. The summed E-state index contributed by atoms with van der Waals surface area (Å²) in [5, 5.41) is 8.58. The number of ether oxygens (including phenoxy) is 1. The number of hydrogen-bond donors (Lipinski definition) is 1. The van der Waals surface area contributed by atoms with Gasteiger partial charge in [0.2, 0.25) is 0 Å². The topological polar surface area (TPSA) is 76.3 Å². The van der Waals surface area contributed by atoms with E-state index >= 15 is 4.39 Å². The second-order valence-electron chi connectivity index (χ2n) is 10.1. The van der Waals surface area contributed by atoms with E-state index in [0.29, 0.717) is 29.3 Å². The molecule has 3 atom stereocenters. The number of aryl methyl sites for hydroxylation is 2. The molecule has 0 radical (unpaired) electrons. The van der Waals surface area contributed by atoms with E-state index in [4.69, 9.17) is 14.2 Å². The number of hydrogen-bond acceptors (Lipinski definition) is 7. The molecule has 2 aliphatic heterocycles. The first-order valence-electron chi connectivity index (χ1n) is 12.4.